The first-order valence-corrected chi connectivity index (χ1v) is 16.2. The van der Waals surface area contributed by atoms with Crippen LogP contribution in [0, 0.1) is 19.9 Å². The van der Waals surface area contributed by atoms with Gasteiger partial charge in [-0.05, 0) is 89.4 Å². The van der Waals surface area contributed by atoms with E-state index in [1.54, 1.807) is 0 Å². The third-order valence-electron chi connectivity index (χ3n) is 6.48. The van der Waals surface area contributed by atoms with Crippen LogP contribution in [0.3, 0.4) is 0 Å². The lowest BCUT2D eigenvalue weighted by Gasteiger charge is -2.46. The van der Waals surface area contributed by atoms with Gasteiger partial charge in [0.1, 0.15) is 0 Å². The maximum atomic E-state index is 3.60. The van der Waals surface area contributed by atoms with Gasteiger partial charge in [0.25, 0.3) is 0 Å². The van der Waals surface area contributed by atoms with E-state index in [9.17, 15) is 0 Å². The number of rotatable bonds is 5. The highest BCUT2D eigenvalue weighted by Crippen LogP contribution is 2.79. The van der Waals surface area contributed by atoms with Crippen molar-refractivity contribution in [3.8, 4) is 22.3 Å². The molecule has 1 radical (unpaired) electrons. The number of hydrogen-bond donors (Lipinski definition) is 0. The molecule has 2 atom stereocenters. The first-order valence-electron chi connectivity index (χ1n) is 12.8. The van der Waals surface area contributed by atoms with Crippen molar-refractivity contribution in [1.29, 1.82) is 0 Å². The summed E-state index contributed by atoms with van der Waals surface area (Å²) in [5, 5.41) is 3.34. The SMILES string of the molecule is Cc1ccc[c]c1-c1c(C)cccc1[P@]([P@@](c1ccc(-c2ccccc2)cc1)C(C)(C)C)C(C)(C)C. The molecule has 185 valence electrons. The number of aryl methyl sites for hydroxylation is 2. The Kier molecular flexibility index (Phi) is 7.90. The van der Waals surface area contributed by atoms with E-state index in [4.69, 9.17) is 0 Å². The van der Waals surface area contributed by atoms with Crippen LogP contribution in [0.25, 0.3) is 22.3 Å². The summed E-state index contributed by atoms with van der Waals surface area (Å²) in [6, 6.07) is 37.1. The third-order valence-corrected chi connectivity index (χ3v) is 17.2. The van der Waals surface area contributed by atoms with Crippen LogP contribution in [0.1, 0.15) is 52.7 Å². The lowest BCUT2D eigenvalue weighted by Crippen LogP contribution is -2.28. The van der Waals surface area contributed by atoms with Gasteiger partial charge >= 0.3 is 0 Å². The van der Waals surface area contributed by atoms with Gasteiger partial charge < -0.3 is 0 Å². The van der Waals surface area contributed by atoms with E-state index in [1.165, 1.54) is 44.0 Å². The summed E-state index contributed by atoms with van der Waals surface area (Å²) < 4.78 is 0. The molecule has 4 aromatic rings. The zero-order valence-corrected chi connectivity index (χ0v) is 24.8. The molecule has 0 aliphatic heterocycles. The summed E-state index contributed by atoms with van der Waals surface area (Å²) in [4.78, 5) is 0. The van der Waals surface area contributed by atoms with E-state index in [-0.39, 0.29) is 10.3 Å². The molecule has 0 aliphatic carbocycles. The molecule has 0 aliphatic rings. The van der Waals surface area contributed by atoms with Gasteiger partial charge in [-0.25, -0.2) is 0 Å². The molecule has 0 unspecified atom stereocenters. The first-order chi connectivity index (χ1) is 17.0. The highest BCUT2D eigenvalue weighted by atomic mass is 32.1. The van der Waals surface area contributed by atoms with Gasteiger partial charge in [-0.1, -0.05) is 133 Å². The Labute approximate surface area is 221 Å². The standard InChI is InChI=1S/C34H39P2/c1-25-15-12-13-19-30(25)32-26(2)16-14-20-31(32)36(34(6,7)8)35(33(3,4)5)29-23-21-28(22-24-29)27-17-10-9-11-18-27/h9-18,20-24H,1-8H3/t35-,36-/m0/s1. The topological polar surface area (TPSA) is 0 Å². The van der Waals surface area contributed by atoms with Gasteiger partial charge in [-0.3, -0.25) is 0 Å². The zero-order chi connectivity index (χ0) is 26.1. The fraction of sp³-hybridized carbons (Fsp3) is 0.294. The molecule has 0 N–H and O–H groups in total. The van der Waals surface area contributed by atoms with E-state index in [0.29, 0.717) is 0 Å². The predicted octanol–water partition coefficient (Wildman–Crippen LogP) is 9.86. The second-order valence-electron chi connectivity index (χ2n) is 11.6. The summed E-state index contributed by atoms with van der Waals surface area (Å²) >= 11 is 0. The number of hydrogen-bond acceptors (Lipinski definition) is 0. The van der Waals surface area contributed by atoms with Gasteiger partial charge in [-0.15, -0.1) is 0 Å². The largest absolute Gasteiger partial charge is 0.0622 e. The highest BCUT2D eigenvalue weighted by molar-refractivity contribution is 8.37. The molecular weight excluding hydrogens is 470 g/mol. The molecule has 0 bridgehead atoms. The molecule has 0 saturated carbocycles. The smallest absolute Gasteiger partial charge is 0.00650 e. The van der Waals surface area contributed by atoms with Gasteiger partial charge in [-0.2, -0.15) is 0 Å². The van der Waals surface area contributed by atoms with Crippen LogP contribution in [0.5, 0.6) is 0 Å². The van der Waals surface area contributed by atoms with Crippen LogP contribution in [-0.4, -0.2) is 10.3 Å². The highest BCUT2D eigenvalue weighted by Gasteiger charge is 2.41. The van der Waals surface area contributed by atoms with Crippen molar-refractivity contribution in [1.82, 2.24) is 0 Å². The Morgan fingerprint density at radius 3 is 1.72 bits per heavy atom. The summed E-state index contributed by atoms with van der Waals surface area (Å²) in [5.41, 5.74) is 7.86. The molecule has 0 spiro atoms. The first kappa shape index (κ1) is 26.8. The lowest BCUT2D eigenvalue weighted by molar-refractivity contribution is 0.781. The Hall–Kier alpha value is -2.26. The summed E-state index contributed by atoms with van der Waals surface area (Å²) in [5.74, 6) is 0. The molecule has 4 rings (SSSR count). The summed E-state index contributed by atoms with van der Waals surface area (Å²) in [6.07, 6.45) is 0. The van der Waals surface area contributed by atoms with Crippen LogP contribution >= 0.6 is 15.2 Å². The van der Waals surface area contributed by atoms with E-state index in [0.717, 1.165) is 0 Å². The predicted molar refractivity (Wildman–Crippen MR) is 165 cm³/mol. The maximum Gasteiger partial charge on any atom is -0.00650 e. The molecule has 0 fully saturated rings. The van der Waals surface area contributed by atoms with Crippen molar-refractivity contribution in [3.63, 3.8) is 0 Å². The van der Waals surface area contributed by atoms with Crippen molar-refractivity contribution in [3.05, 3.63) is 108 Å². The van der Waals surface area contributed by atoms with Crippen molar-refractivity contribution < 1.29 is 0 Å². The Balaban J connectivity index is 1.91. The molecule has 0 saturated heterocycles. The fourth-order valence-corrected chi connectivity index (χ4v) is 15.1. The van der Waals surface area contributed by atoms with Crippen LogP contribution in [0.15, 0.2) is 91.0 Å². The number of benzene rings is 4. The van der Waals surface area contributed by atoms with E-state index < -0.39 is 15.2 Å². The molecule has 4 aromatic carbocycles. The van der Waals surface area contributed by atoms with Gasteiger partial charge in [0.05, 0.1) is 0 Å². The molecular formula is C34H39P2. The minimum atomic E-state index is -0.517. The Bertz CT molecular complexity index is 1310. The third kappa shape index (κ3) is 5.67. The van der Waals surface area contributed by atoms with Crippen LogP contribution < -0.4 is 10.6 Å². The van der Waals surface area contributed by atoms with Crippen molar-refractivity contribution in [2.75, 3.05) is 0 Å². The maximum absolute atomic E-state index is 3.60. The molecule has 36 heavy (non-hydrogen) atoms. The van der Waals surface area contributed by atoms with Crippen LogP contribution in [0.2, 0.25) is 0 Å². The average Bonchev–Trinajstić information content (AvgIpc) is 2.82. The van der Waals surface area contributed by atoms with Crippen molar-refractivity contribution >= 4 is 25.8 Å². The Morgan fingerprint density at radius 2 is 1.14 bits per heavy atom. The molecule has 0 heterocycles. The minimum absolute atomic E-state index is 0.150. The van der Waals surface area contributed by atoms with E-state index in [1.807, 2.05) is 0 Å². The lowest BCUT2D eigenvalue weighted by atomic mass is 9.97. The van der Waals surface area contributed by atoms with Crippen molar-refractivity contribution in [2.24, 2.45) is 0 Å². The zero-order valence-electron chi connectivity index (χ0n) is 23.1. The quantitative estimate of drug-likeness (QED) is 0.235. The van der Waals surface area contributed by atoms with Gasteiger partial charge in [0, 0.05) is 0 Å². The molecule has 2 heteroatoms. The van der Waals surface area contributed by atoms with Crippen LogP contribution in [-0.2, 0) is 0 Å². The molecule has 0 aromatic heterocycles. The van der Waals surface area contributed by atoms with E-state index in [2.05, 4.69) is 152 Å². The second-order valence-corrected chi connectivity index (χ2v) is 18.9. The van der Waals surface area contributed by atoms with Gasteiger partial charge in [0.2, 0.25) is 0 Å². The average molecular weight is 510 g/mol. The normalized spacial score (nSPS) is 13.9. The van der Waals surface area contributed by atoms with Crippen LogP contribution in [0.4, 0.5) is 0 Å². The Morgan fingerprint density at radius 1 is 0.556 bits per heavy atom. The minimum Gasteiger partial charge on any atom is -0.0622 e. The van der Waals surface area contributed by atoms with E-state index >= 15 is 0 Å². The fourth-order valence-electron chi connectivity index (χ4n) is 4.94. The monoisotopic (exact) mass is 509 g/mol. The molecule has 0 nitrogen and oxygen atoms in total. The summed E-state index contributed by atoms with van der Waals surface area (Å²) in [7, 11) is -1.00. The summed E-state index contributed by atoms with van der Waals surface area (Å²) in [6.45, 7) is 19.2. The van der Waals surface area contributed by atoms with Crippen molar-refractivity contribution in [2.45, 2.75) is 65.7 Å². The molecule has 0 amide bonds. The van der Waals surface area contributed by atoms with Gasteiger partial charge in [0.15, 0.2) is 0 Å². The second kappa shape index (κ2) is 10.6.